The SMILES string of the molecule is Cc1cccc(NCC2CCCN2C(=O)OC(C)(C)C)c1C#N. The van der Waals surface area contributed by atoms with Crippen LogP contribution in [0.4, 0.5) is 10.5 Å². The standard InChI is InChI=1S/C18H25N3O2/c1-13-7-5-9-16(15(13)11-19)20-12-14-8-6-10-21(14)17(22)23-18(2,3)4/h5,7,9,14,20H,6,8,10,12H2,1-4H3. The summed E-state index contributed by atoms with van der Waals surface area (Å²) >= 11 is 0. The minimum absolute atomic E-state index is 0.0944. The molecule has 0 saturated carbocycles. The van der Waals surface area contributed by atoms with Crippen molar-refractivity contribution in [3.63, 3.8) is 0 Å². The number of carbonyl (C=O) groups excluding carboxylic acids is 1. The van der Waals surface area contributed by atoms with Gasteiger partial charge in [-0.2, -0.15) is 5.26 Å². The van der Waals surface area contributed by atoms with Crippen molar-refractivity contribution in [3.8, 4) is 6.07 Å². The van der Waals surface area contributed by atoms with Gasteiger partial charge in [-0.05, 0) is 52.2 Å². The molecule has 5 heteroatoms. The molecule has 1 aliphatic rings. The molecule has 0 aliphatic carbocycles. The summed E-state index contributed by atoms with van der Waals surface area (Å²) in [5.74, 6) is 0. The summed E-state index contributed by atoms with van der Waals surface area (Å²) < 4.78 is 5.47. The van der Waals surface area contributed by atoms with Gasteiger partial charge in [-0.1, -0.05) is 12.1 Å². The number of aryl methyl sites for hydroxylation is 1. The summed E-state index contributed by atoms with van der Waals surface area (Å²) in [6.07, 6.45) is 1.66. The molecule has 1 aromatic rings. The minimum atomic E-state index is -0.484. The van der Waals surface area contributed by atoms with Crippen molar-refractivity contribution in [1.29, 1.82) is 5.26 Å². The average molecular weight is 315 g/mol. The first-order chi connectivity index (χ1) is 10.8. The van der Waals surface area contributed by atoms with Gasteiger partial charge in [0, 0.05) is 13.1 Å². The largest absolute Gasteiger partial charge is 0.444 e. The van der Waals surface area contributed by atoms with Crippen LogP contribution in [0.1, 0.15) is 44.7 Å². The number of ether oxygens (including phenoxy) is 1. The molecule has 1 N–H and O–H groups in total. The zero-order chi connectivity index (χ0) is 17.0. The van der Waals surface area contributed by atoms with Gasteiger partial charge < -0.3 is 15.0 Å². The monoisotopic (exact) mass is 315 g/mol. The Balaban J connectivity index is 2.02. The van der Waals surface area contributed by atoms with E-state index < -0.39 is 5.60 Å². The molecule has 0 spiro atoms. The lowest BCUT2D eigenvalue weighted by Gasteiger charge is -2.29. The Morgan fingerprint density at radius 2 is 2.22 bits per heavy atom. The predicted octanol–water partition coefficient (Wildman–Crippen LogP) is 3.68. The van der Waals surface area contributed by atoms with Crippen LogP contribution in [-0.2, 0) is 4.74 Å². The molecule has 1 aromatic carbocycles. The molecule has 1 amide bonds. The van der Waals surface area contributed by atoms with Crippen LogP contribution in [0.3, 0.4) is 0 Å². The number of benzene rings is 1. The molecule has 0 radical (unpaired) electrons. The van der Waals surface area contributed by atoms with Gasteiger partial charge in [0.05, 0.1) is 17.3 Å². The first-order valence-electron chi connectivity index (χ1n) is 8.05. The van der Waals surface area contributed by atoms with E-state index in [-0.39, 0.29) is 12.1 Å². The summed E-state index contributed by atoms with van der Waals surface area (Å²) in [6, 6.07) is 8.08. The number of nitrogens with one attached hydrogen (secondary N) is 1. The van der Waals surface area contributed by atoms with E-state index in [1.807, 2.05) is 45.9 Å². The third kappa shape index (κ3) is 4.38. The van der Waals surface area contributed by atoms with Crippen molar-refractivity contribution >= 4 is 11.8 Å². The Morgan fingerprint density at radius 3 is 2.87 bits per heavy atom. The molecule has 23 heavy (non-hydrogen) atoms. The van der Waals surface area contributed by atoms with Gasteiger partial charge in [0.25, 0.3) is 0 Å². The first kappa shape index (κ1) is 17.1. The van der Waals surface area contributed by atoms with E-state index in [9.17, 15) is 10.1 Å². The number of hydrogen-bond acceptors (Lipinski definition) is 4. The highest BCUT2D eigenvalue weighted by Gasteiger charge is 2.32. The number of hydrogen-bond donors (Lipinski definition) is 1. The summed E-state index contributed by atoms with van der Waals surface area (Å²) in [4.78, 5) is 14.1. The maximum Gasteiger partial charge on any atom is 0.410 e. The number of amides is 1. The van der Waals surface area contributed by atoms with Crippen molar-refractivity contribution in [2.45, 2.75) is 52.2 Å². The molecule has 1 heterocycles. The van der Waals surface area contributed by atoms with E-state index in [2.05, 4.69) is 11.4 Å². The fraction of sp³-hybridized carbons (Fsp3) is 0.556. The van der Waals surface area contributed by atoms with Gasteiger partial charge in [-0.25, -0.2) is 4.79 Å². The van der Waals surface area contributed by atoms with Gasteiger partial charge in [0.2, 0.25) is 0 Å². The molecule has 1 unspecified atom stereocenters. The molecule has 5 nitrogen and oxygen atoms in total. The van der Waals surface area contributed by atoms with E-state index >= 15 is 0 Å². The van der Waals surface area contributed by atoms with Gasteiger partial charge in [-0.15, -0.1) is 0 Å². The highest BCUT2D eigenvalue weighted by Crippen LogP contribution is 2.23. The van der Waals surface area contributed by atoms with E-state index in [1.54, 1.807) is 4.90 Å². The van der Waals surface area contributed by atoms with Crippen LogP contribution in [0.25, 0.3) is 0 Å². The predicted molar refractivity (Wildman–Crippen MR) is 90.3 cm³/mol. The van der Waals surface area contributed by atoms with Gasteiger partial charge in [0.1, 0.15) is 11.7 Å². The van der Waals surface area contributed by atoms with Gasteiger partial charge in [-0.3, -0.25) is 0 Å². The Labute approximate surface area is 138 Å². The van der Waals surface area contributed by atoms with Crippen molar-refractivity contribution < 1.29 is 9.53 Å². The summed E-state index contributed by atoms with van der Waals surface area (Å²) in [5.41, 5.74) is 1.95. The molecule has 1 aliphatic heterocycles. The lowest BCUT2D eigenvalue weighted by Crippen LogP contribution is -2.42. The van der Waals surface area contributed by atoms with Crippen molar-refractivity contribution in [1.82, 2.24) is 4.90 Å². The highest BCUT2D eigenvalue weighted by atomic mass is 16.6. The number of nitrogens with zero attached hydrogens (tertiary/aromatic N) is 2. The molecule has 2 rings (SSSR count). The zero-order valence-electron chi connectivity index (χ0n) is 14.3. The molecule has 1 atom stereocenters. The van der Waals surface area contributed by atoms with Crippen LogP contribution in [0, 0.1) is 18.3 Å². The van der Waals surface area contributed by atoms with Crippen LogP contribution in [0.5, 0.6) is 0 Å². The van der Waals surface area contributed by atoms with Crippen LogP contribution < -0.4 is 5.32 Å². The second-order valence-corrected chi connectivity index (χ2v) is 6.96. The topological polar surface area (TPSA) is 65.4 Å². The van der Waals surface area contributed by atoms with Gasteiger partial charge >= 0.3 is 6.09 Å². The van der Waals surface area contributed by atoms with Crippen LogP contribution in [0.2, 0.25) is 0 Å². The second kappa shape index (κ2) is 6.91. The fourth-order valence-electron chi connectivity index (χ4n) is 2.80. The molecule has 0 bridgehead atoms. The number of rotatable bonds is 3. The highest BCUT2D eigenvalue weighted by molar-refractivity contribution is 5.69. The number of likely N-dealkylation sites (tertiary alicyclic amines) is 1. The lowest BCUT2D eigenvalue weighted by atomic mass is 10.1. The fourth-order valence-corrected chi connectivity index (χ4v) is 2.80. The third-order valence-electron chi connectivity index (χ3n) is 3.92. The Hall–Kier alpha value is -2.22. The molecule has 1 fully saturated rings. The molecular weight excluding hydrogens is 290 g/mol. The van der Waals surface area contributed by atoms with Crippen molar-refractivity contribution in [3.05, 3.63) is 29.3 Å². The summed E-state index contributed by atoms with van der Waals surface area (Å²) in [5, 5.41) is 12.6. The Kier molecular flexibility index (Phi) is 5.15. The van der Waals surface area contributed by atoms with E-state index in [4.69, 9.17) is 4.74 Å². The van der Waals surface area contributed by atoms with E-state index in [0.29, 0.717) is 12.1 Å². The number of anilines is 1. The number of carbonyl (C=O) groups is 1. The second-order valence-electron chi connectivity index (χ2n) is 6.96. The Morgan fingerprint density at radius 1 is 1.48 bits per heavy atom. The summed E-state index contributed by atoms with van der Waals surface area (Å²) in [7, 11) is 0. The van der Waals surface area contributed by atoms with Gasteiger partial charge in [0.15, 0.2) is 0 Å². The average Bonchev–Trinajstić information content (AvgIpc) is 2.92. The quantitative estimate of drug-likeness (QED) is 0.924. The maximum atomic E-state index is 12.3. The molecular formula is C18H25N3O2. The van der Waals surface area contributed by atoms with Crippen molar-refractivity contribution in [2.24, 2.45) is 0 Å². The Bertz CT molecular complexity index is 614. The molecule has 1 saturated heterocycles. The smallest absolute Gasteiger partial charge is 0.410 e. The lowest BCUT2D eigenvalue weighted by molar-refractivity contribution is 0.0235. The van der Waals surface area contributed by atoms with E-state index in [1.165, 1.54) is 0 Å². The maximum absolute atomic E-state index is 12.3. The van der Waals surface area contributed by atoms with Crippen LogP contribution in [-0.4, -0.2) is 35.7 Å². The molecule has 0 aromatic heterocycles. The molecule has 124 valence electrons. The van der Waals surface area contributed by atoms with Crippen LogP contribution >= 0.6 is 0 Å². The normalized spacial score (nSPS) is 17.7. The minimum Gasteiger partial charge on any atom is -0.444 e. The van der Waals surface area contributed by atoms with Crippen LogP contribution in [0.15, 0.2) is 18.2 Å². The number of nitriles is 1. The van der Waals surface area contributed by atoms with E-state index in [0.717, 1.165) is 30.6 Å². The summed E-state index contributed by atoms with van der Waals surface area (Å²) in [6.45, 7) is 8.89. The first-order valence-corrected chi connectivity index (χ1v) is 8.05. The zero-order valence-corrected chi connectivity index (χ0v) is 14.3. The van der Waals surface area contributed by atoms with Crippen molar-refractivity contribution in [2.75, 3.05) is 18.4 Å². The third-order valence-corrected chi connectivity index (χ3v) is 3.92.